The monoisotopic (exact) mass is 358 g/mol. The summed E-state index contributed by atoms with van der Waals surface area (Å²) in [5.74, 6) is 0.464. The normalized spacial score (nSPS) is 18.7. The fourth-order valence-corrected chi connectivity index (χ4v) is 2.82. The Morgan fingerprint density at radius 3 is 2.17 bits per heavy atom. The molecule has 0 saturated carbocycles. The Labute approximate surface area is 152 Å². The molecule has 0 heterocycles. The van der Waals surface area contributed by atoms with Gasteiger partial charge in [0.15, 0.2) is 0 Å². The van der Waals surface area contributed by atoms with Crippen LogP contribution in [0, 0.1) is 17.8 Å². The molecule has 0 aromatic carbocycles. The van der Waals surface area contributed by atoms with Crippen LogP contribution in [0.15, 0.2) is 24.3 Å². The second-order valence-electron chi connectivity index (χ2n) is 6.69. The molecule has 0 fully saturated rings. The molecule has 0 aromatic heterocycles. The molecule has 132 valence electrons. The van der Waals surface area contributed by atoms with Crippen molar-refractivity contribution in [1.82, 2.24) is 0 Å². The van der Waals surface area contributed by atoms with Crippen molar-refractivity contribution in [3.63, 3.8) is 0 Å². The van der Waals surface area contributed by atoms with E-state index in [-0.39, 0.29) is 34.0 Å². The molecule has 0 amide bonds. The smallest absolute Gasteiger partial charge is 0.140 e. The lowest BCUT2D eigenvalue weighted by atomic mass is 9.90. The van der Waals surface area contributed by atoms with Gasteiger partial charge in [-0.1, -0.05) is 38.5 Å². The molecule has 5 atom stereocenters. The Morgan fingerprint density at radius 1 is 1.13 bits per heavy atom. The lowest BCUT2D eigenvalue weighted by Gasteiger charge is -2.17. The summed E-state index contributed by atoms with van der Waals surface area (Å²) in [6.07, 6.45) is 5.35. The van der Waals surface area contributed by atoms with E-state index in [0.29, 0.717) is 18.8 Å². The third kappa shape index (κ3) is 9.36. The minimum atomic E-state index is -0.195. The van der Waals surface area contributed by atoms with Crippen molar-refractivity contribution in [1.29, 1.82) is 0 Å². The number of carbonyl (C=O) groups excluding carboxylic acids is 2. The number of ketones is 2. The third-order valence-electron chi connectivity index (χ3n) is 4.10. The highest BCUT2D eigenvalue weighted by molar-refractivity contribution is 7.81. The number of halogens is 1. The van der Waals surface area contributed by atoms with Crippen LogP contribution in [0.2, 0.25) is 0 Å². The molecule has 0 aliphatic rings. The maximum atomic E-state index is 12.3. The molecule has 2 nitrogen and oxygen atoms in total. The SMILES string of the molecule is C=C[C@@H](C)C[C@@H](C)C(=O)C[C@H](S)/C(C)=C/[C@@H](C)C(=O)C[C@@H](C)Cl. The molecule has 0 aliphatic heterocycles. The largest absolute Gasteiger partial charge is 0.299 e. The van der Waals surface area contributed by atoms with Gasteiger partial charge in [-0.15, -0.1) is 18.2 Å². The minimum Gasteiger partial charge on any atom is -0.299 e. The van der Waals surface area contributed by atoms with E-state index in [4.69, 9.17) is 11.6 Å². The van der Waals surface area contributed by atoms with E-state index in [1.165, 1.54) is 0 Å². The Morgan fingerprint density at radius 2 is 1.70 bits per heavy atom. The van der Waals surface area contributed by atoms with Crippen LogP contribution < -0.4 is 0 Å². The van der Waals surface area contributed by atoms with Gasteiger partial charge in [-0.2, -0.15) is 12.6 Å². The predicted molar refractivity (Wildman–Crippen MR) is 103 cm³/mol. The van der Waals surface area contributed by atoms with Crippen molar-refractivity contribution in [2.75, 3.05) is 0 Å². The average Bonchev–Trinajstić information content (AvgIpc) is 2.45. The topological polar surface area (TPSA) is 34.1 Å². The summed E-state index contributed by atoms with van der Waals surface area (Å²) < 4.78 is 0. The van der Waals surface area contributed by atoms with Gasteiger partial charge in [-0.3, -0.25) is 9.59 Å². The highest BCUT2D eigenvalue weighted by atomic mass is 35.5. The lowest BCUT2D eigenvalue weighted by molar-refractivity contribution is -0.122. The molecular weight excluding hydrogens is 328 g/mol. The molecule has 0 bridgehead atoms. The van der Waals surface area contributed by atoms with Gasteiger partial charge in [0.05, 0.1) is 0 Å². The molecule has 23 heavy (non-hydrogen) atoms. The second kappa shape index (κ2) is 11.1. The van der Waals surface area contributed by atoms with Crippen molar-refractivity contribution < 1.29 is 9.59 Å². The first-order chi connectivity index (χ1) is 10.6. The predicted octanol–water partition coefficient (Wildman–Crippen LogP) is 5.26. The summed E-state index contributed by atoms with van der Waals surface area (Å²) in [5, 5.41) is -0.299. The number of Topliss-reactive ketones (excluding diaryl/α,β-unsaturated/α-hetero) is 2. The Kier molecular flexibility index (Phi) is 10.8. The van der Waals surface area contributed by atoms with Crippen LogP contribution in [-0.4, -0.2) is 22.2 Å². The lowest BCUT2D eigenvalue weighted by Crippen LogP contribution is -2.19. The summed E-state index contributed by atoms with van der Waals surface area (Å²) in [6, 6.07) is 0. The van der Waals surface area contributed by atoms with Crippen LogP contribution in [-0.2, 0) is 9.59 Å². The zero-order chi connectivity index (χ0) is 18.2. The highest BCUT2D eigenvalue weighted by Gasteiger charge is 2.20. The number of hydrogen-bond acceptors (Lipinski definition) is 3. The molecule has 0 aliphatic carbocycles. The zero-order valence-corrected chi connectivity index (χ0v) is 16.7. The average molecular weight is 359 g/mol. The number of hydrogen-bond donors (Lipinski definition) is 1. The van der Waals surface area contributed by atoms with Crippen LogP contribution in [0.3, 0.4) is 0 Å². The van der Waals surface area contributed by atoms with Crippen LogP contribution in [0.4, 0.5) is 0 Å². The number of allylic oxidation sites excluding steroid dienone is 2. The third-order valence-corrected chi connectivity index (χ3v) is 4.84. The van der Waals surface area contributed by atoms with Crippen LogP contribution in [0.5, 0.6) is 0 Å². The van der Waals surface area contributed by atoms with Crippen LogP contribution >= 0.6 is 24.2 Å². The molecular formula is C19H31ClO2S. The summed E-state index contributed by atoms with van der Waals surface area (Å²) >= 11 is 10.4. The molecule has 0 rings (SSSR count). The van der Waals surface area contributed by atoms with E-state index in [2.05, 4.69) is 26.1 Å². The summed E-state index contributed by atoms with van der Waals surface area (Å²) in [4.78, 5) is 24.2. The summed E-state index contributed by atoms with van der Waals surface area (Å²) in [5.41, 5.74) is 0.966. The van der Waals surface area contributed by atoms with Gasteiger partial charge in [0.2, 0.25) is 0 Å². The Balaban J connectivity index is 4.61. The van der Waals surface area contributed by atoms with Crippen LogP contribution in [0.25, 0.3) is 0 Å². The van der Waals surface area contributed by atoms with Gasteiger partial charge in [0.25, 0.3) is 0 Å². The maximum Gasteiger partial charge on any atom is 0.140 e. The molecule has 0 N–H and O–H groups in total. The molecule has 0 spiro atoms. The summed E-state index contributed by atoms with van der Waals surface area (Å²) in [6.45, 7) is 13.4. The van der Waals surface area contributed by atoms with Gasteiger partial charge < -0.3 is 0 Å². The number of carbonyl (C=O) groups is 2. The van der Waals surface area contributed by atoms with E-state index in [0.717, 1.165) is 12.0 Å². The van der Waals surface area contributed by atoms with Crippen LogP contribution in [0.1, 0.15) is 53.9 Å². The Bertz CT molecular complexity index is 443. The van der Waals surface area contributed by atoms with Gasteiger partial charge >= 0.3 is 0 Å². The van der Waals surface area contributed by atoms with E-state index in [9.17, 15) is 9.59 Å². The number of thiol groups is 1. The van der Waals surface area contributed by atoms with E-state index >= 15 is 0 Å². The maximum absolute atomic E-state index is 12.3. The minimum absolute atomic E-state index is 0.00148. The van der Waals surface area contributed by atoms with Crippen molar-refractivity contribution >= 4 is 35.8 Å². The van der Waals surface area contributed by atoms with Gasteiger partial charge in [0.1, 0.15) is 11.6 Å². The number of rotatable bonds is 11. The van der Waals surface area contributed by atoms with Gasteiger partial charge in [-0.05, 0) is 26.2 Å². The molecule has 0 aromatic rings. The van der Waals surface area contributed by atoms with Crippen molar-refractivity contribution in [2.24, 2.45) is 17.8 Å². The molecule has 0 saturated heterocycles. The molecule has 0 unspecified atom stereocenters. The standard InChI is InChI=1S/C19H31ClO2S/c1-7-12(2)8-13(3)18(22)11-19(23)15(5)9-14(4)17(21)10-16(6)20/h7,9,12-14,16,19,23H,1,8,10-11H2,2-6H3/b15-9+/t12-,13-,14-,16-,19+/m1/s1. The van der Waals surface area contributed by atoms with Crippen molar-refractivity contribution in [2.45, 2.75) is 64.5 Å². The first-order valence-corrected chi connectivity index (χ1v) is 9.22. The first kappa shape index (κ1) is 22.5. The van der Waals surface area contributed by atoms with E-state index in [1.54, 1.807) is 0 Å². The van der Waals surface area contributed by atoms with E-state index < -0.39 is 0 Å². The Hall–Kier alpha value is -0.540. The van der Waals surface area contributed by atoms with E-state index in [1.807, 2.05) is 39.8 Å². The summed E-state index contributed by atoms with van der Waals surface area (Å²) in [7, 11) is 0. The first-order valence-electron chi connectivity index (χ1n) is 8.26. The van der Waals surface area contributed by atoms with Gasteiger partial charge in [-0.25, -0.2) is 0 Å². The molecule has 4 heteroatoms. The second-order valence-corrected chi connectivity index (χ2v) is 8.05. The van der Waals surface area contributed by atoms with Crippen molar-refractivity contribution in [3.8, 4) is 0 Å². The zero-order valence-electron chi connectivity index (χ0n) is 15.0. The van der Waals surface area contributed by atoms with Gasteiger partial charge in [0, 0.05) is 35.3 Å². The quantitative estimate of drug-likeness (QED) is 0.310. The fourth-order valence-electron chi connectivity index (χ4n) is 2.40. The van der Waals surface area contributed by atoms with Crippen molar-refractivity contribution in [3.05, 3.63) is 24.3 Å². The fraction of sp³-hybridized carbons (Fsp3) is 0.684. The number of alkyl halides is 1. The highest BCUT2D eigenvalue weighted by Crippen LogP contribution is 2.22. The molecule has 0 radical (unpaired) electrons.